The maximum Gasteiger partial charge on any atom is 0.122 e. The van der Waals surface area contributed by atoms with E-state index in [9.17, 15) is 0 Å². The summed E-state index contributed by atoms with van der Waals surface area (Å²) >= 11 is 2.07. The molecule has 1 saturated heterocycles. The first-order valence-corrected chi connectivity index (χ1v) is 7.09. The van der Waals surface area contributed by atoms with Crippen LogP contribution in [-0.4, -0.2) is 31.2 Å². The zero-order valence-electron chi connectivity index (χ0n) is 10.5. The van der Waals surface area contributed by atoms with Crippen LogP contribution >= 0.6 is 11.8 Å². The Morgan fingerprint density at radius 3 is 3.00 bits per heavy atom. The van der Waals surface area contributed by atoms with E-state index in [0.29, 0.717) is 0 Å². The maximum absolute atomic E-state index is 5.90. The average molecular weight is 252 g/mol. The van der Waals surface area contributed by atoms with Gasteiger partial charge in [-0.2, -0.15) is 11.8 Å². The van der Waals surface area contributed by atoms with Crippen molar-refractivity contribution in [1.82, 2.24) is 0 Å². The highest BCUT2D eigenvalue weighted by Crippen LogP contribution is 2.30. The molecule has 4 heteroatoms. The Labute approximate surface area is 107 Å². The van der Waals surface area contributed by atoms with Gasteiger partial charge in [0.2, 0.25) is 0 Å². The molecule has 1 fully saturated rings. The number of rotatable bonds is 3. The zero-order valence-corrected chi connectivity index (χ0v) is 11.3. The van der Waals surface area contributed by atoms with Gasteiger partial charge in [-0.25, -0.2) is 0 Å². The molecule has 1 aliphatic rings. The Balaban J connectivity index is 2.18. The van der Waals surface area contributed by atoms with Crippen LogP contribution in [0.25, 0.3) is 0 Å². The molecule has 0 bridgehead atoms. The summed E-state index contributed by atoms with van der Waals surface area (Å²) in [6.45, 7) is 4.45. The smallest absolute Gasteiger partial charge is 0.122 e. The third kappa shape index (κ3) is 3.00. The number of thioether (sulfide) groups is 1. The van der Waals surface area contributed by atoms with Crippen molar-refractivity contribution >= 4 is 23.1 Å². The highest BCUT2D eigenvalue weighted by Gasteiger charge is 2.19. The molecule has 1 unspecified atom stereocenters. The largest absolute Gasteiger partial charge is 0.497 e. The number of nitrogen functional groups attached to an aromatic ring is 1. The Morgan fingerprint density at radius 2 is 2.29 bits per heavy atom. The number of benzene rings is 1. The Hall–Kier alpha value is -1.03. The highest BCUT2D eigenvalue weighted by atomic mass is 32.2. The molecule has 0 spiro atoms. The molecule has 1 aromatic carbocycles. The summed E-state index contributed by atoms with van der Waals surface area (Å²) in [5, 5.41) is 0.733. The van der Waals surface area contributed by atoms with Gasteiger partial charge in [0.05, 0.1) is 7.11 Å². The molecule has 0 amide bonds. The van der Waals surface area contributed by atoms with Gasteiger partial charge in [0.1, 0.15) is 5.75 Å². The second-order valence-electron chi connectivity index (χ2n) is 4.31. The molecule has 0 radical (unpaired) electrons. The molecule has 94 valence electrons. The van der Waals surface area contributed by atoms with E-state index in [-0.39, 0.29) is 0 Å². The van der Waals surface area contributed by atoms with E-state index in [2.05, 4.69) is 29.7 Å². The number of methoxy groups -OCH3 is 1. The van der Waals surface area contributed by atoms with Crippen LogP contribution in [0.3, 0.4) is 0 Å². The van der Waals surface area contributed by atoms with Crippen LogP contribution in [0.15, 0.2) is 18.2 Å². The first-order chi connectivity index (χ1) is 8.22. The number of nitrogens with two attached hydrogens (primary N) is 1. The first-order valence-electron chi connectivity index (χ1n) is 6.04. The van der Waals surface area contributed by atoms with Crippen LogP contribution < -0.4 is 15.4 Å². The summed E-state index contributed by atoms with van der Waals surface area (Å²) in [6.07, 6.45) is 1.22. The number of nitrogens with zero attached hydrogens (tertiary/aromatic N) is 1. The normalized spacial score (nSPS) is 20.4. The molecule has 2 N–H and O–H groups in total. The van der Waals surface area contributed by atoms with Crippen LogP contribution in [0.2, 0.25) is 0 Å². The third-order valence-electron chi connectivity index (χ3n) is 3.11. The highest BCUT2D eigenvalue weighted by molar-refractivity contribution is 8.00. The molecule has 0 aromatic heterocycles. The first kappa shape index (κ1) is 12.4. The van der Waals surface area contributed by atoms with Gasteiger partial charge in [-0.15, -0.1) is 0 Å². The van der Waals surface area contributed by atoms with Gasteiger partial charge in [-0.3, -0.25) is 0 Å². The van der Waals surface area contributed by atoms with Gasteiger partial charge in [-0.1, -0.05) is 6.92 Å². The lowest BCUT2D eigenvalue weighted by Gasteiger charge is -2.34. The maximum atomic E-state index is 5.90. The topological polar surface area (TPSA) is 38.5 Å². The van der Waals surface area contributed by atoms with Crippen LogP contribution in [0.1, 0.15) is 13.3 Å². The molecule has 1 heterocycles. The summed E-state index contributed by atoms with van der Waals surface area (Å²) < 4.78 is 5.27. The Bertz CT molecular complexity index is 384. The van der Waals surface area contributed by atoms with Gasteiger partial charge >= 0.3 is 0 Å². The van der Waals surface area contributed by atoms with Crippen LogP contribution in [-0.2, 0) is 0 Å². The molecule has 17 heavy (non-hydrogen) atoms. The summed E-state index contributed by atoms with van der Waals surface area (Å²) in [4.78, 5) is 2.41. The molecule has 1 aromatic rings. The zero-order chi connectivity index (χ0) is 12.3. The van der Waals surface area contributed by atoms with Crippen molar-refractivity contribution < 1.29 is 4.74 Å². The average Bonchev–Trinajstić information content (AvgIpc) is 2.38. The van der Waals surface area contributed by atoms with Crippen LogP contribution in [0.4, 0.5) is 11.4 Å². The molecule has 1 aliphatic heterocycles. The number of anilines is 2. The van der Waals surface area contributed by atoms with E-state index >= 15 is 0 Å². The van der Waals surface area contributed by atoms with Gasteiger partial charge < -0.3 is 15.4 Å². The summed E-state index contributed by atoms with van der Waals surface area (Å²) in [6, 6.07) is 5.96. The van der Waals surface area contributed by atoms with E-state index in [1.807, 2.05) is 12.1 Å². The van der Waals surface area contributed by atoms with E-state index in [1.165, 1.54) is 17.9 Å². The second-order valence-corrected chi connectivity index (χ2v) is 5.72. The van der Waals surface area contributed by atoms with E-state index in [1.54, 1.807) is 7.11 Å². The monoisotopic (exact) mass is 252 g/mol. The van der Waals surface area contributed by atoms with Gasteiger partial charge in [0, 0.05) is 47.6 Å². The van der Waals surface area contributed by atoms with E-state index in [0.717, 1.165) is 29.8 Å². The van der Waals surface area contributed by atoms with Crippen molar-refractivity contribution in [2.75, 3.05) is 36.6 Å². The van der Waals surface area contributed by atoms with E-state index in [4.69, 9.17) is 10.5 Å². The molecular weight excluding hydrogens is 232 g/mol. The van der Waals surface area contributed by atoms with Crippen molar-refractivity contribution in [3.63, 3.8) is 0 Å². The minimum absolute atomic E-state index is 0.733. The summed E-state index contributed by atoms with van der Waals surface area (Å²) in [7, 11) is 1.68. The molecule has 1 atom stereocenters. The van der Waals surface area contributed by atoms with Gasteiger partial charge in [-0.05, 0) is 12.5 Å². The number of hydrogen-bond acceptors (Lipinski definition) is 4. The van der Waals surface area contributed by atoms with Gasteiger partial charge in [0.15, 0.2) is 0 Å². The molecule has 0 saturated carbocycles. The minimum Gasteiger partial charge on any atom is -0.497 e. The Kier molecular flexibility index (Phi) is 4.05. The molecule has 3 nitrogen and oxygen atoms in total. The summed E-state index contributed by atoms with van der Waals surface area (Å²) in [5.41, 5.74) is 7.85. The lowest BCUT2D eigenvalue weighted by atomic mass is 10.2. The summed E-state index contributed by atoms with van der Waals surface area (Å²) in [5.74, 6) is 2.03. The van der Waals surface area contributed by atoms with Crippen molar-refractivity contribution in [3.8, 4) is 5.75 Å². The van der Waals surface area contributed by atoms with Crippen molar-refractivity contribution in [3.05, 3.63) is 18.2 Å². The number of ether oxygens (including phenoxy) is 1. The lowest BCUT2D eigenvalue weighted by Crippen LogP contribution is -2.37. The van der Waals surface area contributed by atoms with Crippen molar-refractivity contribution in [2.45, 2.75) is 18.6 Å². The quantitative estimate of drug-likeness (QED) is 0.839. The number of hydrogen-bond donors (Lipinski definition) is 1. The Morgan fingerprint density at radius 1 is 1.47 bits per heavy atom. The van der Waals surface area contributed by atoms with Crippen molar-refractivity contribution in [2.24, 2.45) is 0 Å². The molecular formula is C13H20N2OS. The lowest BCUT2D eigenvalue weighted by molar-refractivity contribution is 0.415. The molecule has 0 aliphatic carbocycles. The molecule has 2 rings (SSSR count). The van der Waals surface area contributed by atoms with Crippen LogP contribution in [0.5, 0.6) is 5.75 Å². The van der Waals surface area contributed by atoms with Crippen molar-refractivity contribution in [1.29, 1.82) is 0 Å². The van der Waals surface area contributed by atoms with Crippen LogP contribution in [0, 0.1) is 0 Å². The van der Waals surface area contributed by atoms with E-state index < -0.39 is 0 Å². The second kappa shape index (κ2) is 5.54. The fraction of sp³-hybridized carbons (Fsp3) is 0.538. The fourth-order valence-electron chi connectivity index (χ4n) is 2.11. The predicted octanol–water partition coefficient (Wildman–Crippen LogP) is 2.61. The third-order valence-corrected chi connectivity index (χ3v) is 4.48. The predicted molar refractivity (Wildman–Crippen MR) is 76.2 cm³/mol. The SMILES string of the molecule is CCC1CN(c2cc(N)cc(OC)c2)CCS1. The minimum atomic E-state index is 0.733. The van der Waals surface area contributed by atoms with Gasteiger partial charge in [0.25, 0.3) is 0 Å². The fourth-order valence-corrected chi connectivity index (χ4v) is 3.29. The standard InChI is InChI=1S/C13H20N2OS/c1-3-13-9-15(4-5-17-13)11-6-10(14)7-12(8-11)16-2/h6-8,13H,3-5,9,14H2,1-2H3.